The summed E-state index contributed by atoms with van der Waals surface area (Å²) in [4.78, 5) is 28.6. The molecule has 37 heavy (non-hydrogen) atoms. The van der Waals surface area contributed by atoms with Crippen LogP contribution in [0.4, 0.5) is 0 Å². The maximum Gasteiger partial charge on any atom is 0.261 e. The number of aryl methyl sites for hydroxylation is 1. The third kappa shape index (κ3) is 8.67. The molecule has 0 heterocycles. The zero-order valence-corrected chi connectivity index (χ0v) is 23.2. The SMILES string of the molecule is CCCCNC(=O)[C@H](Cc1ccccc1)N(Cc1ccc(Cl)cc1Cl)C(=O)COc1ccc(Cl)c(C)c1. The number of rotatable bonds is 12. The summed E-state index contributed by atoms with van der Waals surface area (Å²) in [5.41, 5.74) is 2.46. The number of hydrogen-bond acceptors (Lipinski definition) is 3. The van der Waals surface area contributed by atoms with E-state index in [0.717, 1.165) is 24.0 Å². The van der Waals surface area contributed by atoms with Crippen LogP contribution < -0.4 is 10.1 Å². The molecule has 1 N–H and O–H groups in total. The van der Waals surface area contributed by atoms with Gasteiger partial charge >= 0.3 is 0 Å². The first kappa shape index (κ1) is 28.8. The summed E-state index contributed by atoms with van der Waals surface area (Å²) in [5, 5.41) is 4.52. The van der Waals surface area contributed by atoms with Gasteiger partial charge in [0.1, 0.15) is 11.8 Å². The second-order valence-electron chi connectivity index (χ2n) is 8.81. The number of unbranched alkanes of at least 4 members (excludes halogenated alkanes) is 1. The van der Waals surface area contributed by atoms with E-state index in [1.165, 1.54) is 4.90 Å². The molecule has 1 atom stereocenters. The minimum atomic E-state index is -0.769. The number of nitrogens with zero attached hydrogens (tertiary/aromatic N) is 1. The lowest BCUT2D eigenvalue weighted by Gasteiger charge is -2.31. The lowest BCUT2D eigenvalue weighted by atomic mass is 10.0. The highest BCUT2D eigenvalue weighted by Crippen LogP contribution is 2.25. The Hall–Kier alpha value is -2.73. The number of benzene rings is 3. The summed E-state index contributed by atoms with van der Waals surface area (Å²) >= 11 is 18.7. The average molecular weight is 562 g/mol. The van der Waals surface area contributed by atoms with Crippen molar-refractivity contribution in [1.82, 2.24) is 10.2 Å². The number of carbonyl (C=O) groups excluding carboxylic acids is 2. The van der Waals surface area contributed by atoms with Gasteiger partial charge in [0.2, 0.25) is 5.91 Å². The summed E-state index contributed by atoms with van der Waals surface area (Å²) in [6.07, 6.45) is 2.14. The van der Waals surface area contributed by atoms with Gasteiger partial charge < -0.3 is 15.0 Å². The predicted molar refractivity (Wildman–Crippen MR) is 151 cm³/mol. The molecule has 196 valence electrons. The second-order valence-corrected chi connectivity index (χ2v) is 10.1. The van der Waals surface area contributed by atoms with Gasteiger partial charge in [-0.25, -0.2) is 0 Å². The maximum atomic E-state index is 13.6. The molecular weight excluding hydrogens is 531 g/mol. The molecule has 0 aliphatic carbocycles. The van der Waals surface area contributed by atoms with E-state index in [4.69, 9.17) is 39.5 Å². The Labute approximate surface area is 233 Å². The van der Waals surface area contributed by atoms with E-state index in [0.29, 0.717) is 39.3 Å². The Morgan fingerprint density at radius 1 is 0.973 bits per heavy atom. The maximum absolute atomic E-state index is 13.6. The van der Waals surface area contributed by atoms with Crippen molar-refractivity contribution >= 4 is 46.6 Å². The van der Waals surface area contributed by atoms with E-state index in [9.17, 15) is 9.59 Å². The average Bonchev–Trinajstić information content (AvgIpc) is 2.88. The van der Waals surface area contributed by atoms with Crippen molar-refractivity contribution in [2.45, 2.75) is 45.7 Å². The largest absolute Gasteiger partial charge is 0.484 e. The third-order valence-corrected chi connectivity index (χ3v) is 6.96. The monoisotopic (exact) mass is 560 g/mol. The Bertz CT molecular complexity index is 1200. The first-order valence-electron chi connectivity index (χ1n) is 12.2. The molecule has 8 heteroatoms. The zero-order chi connectivity index (χ0) is 26.8. The van der Waals surface area contributed by atoms with Crippen LogP contribution in [-0.4, -0.2) is 35.9 Å². The van der Waals surface area contributed by atoms with E-state index >= 15 is 0 Å². The number of amides is 2. The summed E-state index contributed by atoms with van der Waals surface area (Å²) in [5.74, 6) is -0.0463. The first-order chi connectivity index (χ1) is 17.8. The minimum absolute atomic E-state index is 0.122. The first-order valence-corrected chi connectivity index (χ1v) is 13.4. The van der Waals surface area contributed by atoms with E-state index < -0.39 is 6.04 Å². The summed E-state index contributed by atoms with van der Waals surface area (Å²) in [6.45, 7) is 4.32. The minimum Gasteiger partial charge on any atom is -0.484 e. The van der Waals surface area contributed by atoms with Crippen LogP contribution >= 0.6 is 34.8 Å². The van der Waals surface area contributed by atoms with Crippen LogP contribution in [0.3, 0.4) is 0 Å². The number of ether oxygens (including phenoxy) is 1. The quantitative estimate of drug-likeness (QED) is 0.245. The van der Waals surface area contributed by atoms with Gasteiger partial charge in [0.25, 0.3) is 5.91 Å². The lowest BCUT2D eigenvalue weighted by Crippen LogP contribution is -2.51. The highest BCUT2D eigenvalue weighted by molar-refractivity contribution is 6.35. The zero-order valence-electron chi connectivity index (χ0n) is 21.0. The molecule has 0 aliphatic heterocycles. The van der Waals surface area contributed by atoms with Gasteiger partial charge in [-0.1, -0.05) is 84.5 Å². The Balaban J connectivity index is 1.92. The van der Waals surface area contributed by atoms with Crippen molar-refractivity contribution < 1.29 is 14.3 Å². The topological polar surface area (TPSA) is 58.6 Å². The van der Waals surface area contributed by atoms with Gasteiger partial charge in [0.05, 0.1) is 0 Å². The Morgan fingerprint density at radius 3 is 2.41 bits per heavy atom. The highest BCUT2D eigenvalue weighted by atomic mass is 35.5. The van der Waals surface area contributed by atoms with Gasteiger partial charge in [0, 0.05) is 34.6 Å². The van der Waals surface area contributed by atoms with Gasteiger partial charge in [-0.2, -0.15) is 0 Å². The van der Waals surface area contributed by atoms with Crippen molar-refractivity contribution in [3.8, 4) is 5.75 Å². The number of carbonyl (C=O) groups is 2. The van der Waals surface area contributed by atoms with Crippen LogP contribution in [0.15, 0.2) is 66.7 Å². The van der Waals surface area contributed by atoms with Crippen molar-refractivity contribution in [1.29, 1.82) is 0 Å². The molecule has 0 saturated heterocycles. The number of halogens is 3. The molecule has 2 amide bonds. The fourth-order valence-corrected chi connectivity index (χ4v) is 4.41. The molecular formula is C29H31Cl3N2O3. The van der Waals surface area contributed by atoms with Crippen LogP contribution in [0.5, 0.6) is 5.75 Å². The van der Waals surface area contributed by atoms with Crippen molar-refractivity contribution in [3.05, 3.63) is 98.5 Å². The molecule has 5 nitrogen and oxygen atoms in total. The third-order valence-electron chi connectivity index (χ3n) is 5.95. The standard InChI is InChI=1S/C29H31Cl3N2O3/c1-3-4-14-33-29(36)27(16-21-8-6-5-7-9-21)34(18-22-10-11-23(30)17-26(22)32)28(35)19-37-24-12-13-25(31)20(2)15-24/h5-13,15,17,27H,3-4,14,16,18-19H2,1-2H3,(H,33,36)/t27-/m0/s1. The van der Waals surface area contributed by atoms with E-state index in [-0.39, 0.29) is 25.0 Å². The lowest BCUT2D eigenvalue weighted by molar-refractivity contribution is -0.142. The summed E-state index contributed by atoms with van der Waals surface area (Å²) in [7, 11) is 0. The van der Waals surface area contributed by atoms with Crippen LogP contribution in [0, 0.1) is 6.92 Å². The highest BCUT2D eigenvalue weighted by Gasteiger charge is 2.31. The normalized spacial score (nSPS) is 11.6. The molecule has 0 bridgehead atoms. The van der Waals surface area contributed by atoms with Gasteiger partial charge in [0.15, 0.2) is 6.61 Å². The van der Waals surface area contributed by atoms with Crippen LogP contribution in [-0.2, 0) is 22.6 Å². The van der Waals surface area contributed by atoms with Crippen LogP contribution in [0.25, 0.3) is 0 Å². The molecule has 0 radical (unpaired) electrons. The summed E-state index contributed by atoms with van der Waals surface area (Å²) < 4.78 is 5.81. The molecule has 0 unspecified atom stereocenters. The molecule has 0 aliphatic rings. The Kier molecular flexibility index (Phi) is 11.1. The van der Waals surface area contributed by atoms with Crippen LogP contribution in [0.1, 0.15) is 36.5 Å². The molecule has 3 aromatic carbocycles. The number of nitrogens with one attached hydrogen (secondary N) is 1. The molecule has 0 spiro atoms. The van der Waals surface area contributed by atoms with E-state index in [1.807, 2.05) is 37.3 Å². The van der Waals surface area contributed by atoms with Gasteiger partial charge in [-0.05, 0) is 60.4 Å². The predicted octanol–water partition coefficient (Wildman–Crippen LogP) is 6.89. The molecule has 0 saturated carbocycles. The fourth-order valence-electron chi connectivity index (χ4n) is 3.83. The molecule has 0 fully saturated rings. The fraction of sp³-hybridized carbons (Fsp3) is 0.310. The second kappa shape index (κ2) is 14.3. The Morgan fingerprint density at radius 2 is 1.73 bits per heavy atom. The smallest absolute Gasteiger partial charge is 0.261 e. The summed E-state index contributed by atoms with van der Waals surface area (Å²) in [6, 6.07) is 19.2. The van der Waals surface area contributed by atoms with Crippen molar-refractivity contribution in [2.24, 2.45) is 0 Å². The van der Waals surface area contributed by atoms with Gasteiger partial charge in [-0.15, -0.1) is 0 Å². The van der Waals surface area contributed by atoms with Crippen molar-refractivity contribution in [3.63, 3.8) is 0 Å². The van der Waals surface area contributed by atoms with E-state index in [2.05, 4.69) is 12.2 Å². The van der Waals surface area contributed by atoms with Gasteiger partial charge in [-0.3, -0.25) is 9.59 Å². The van der Waals surface area contributed by atoms with Crippen molar-refractivity contribution in [2.75, 3.05) is 13.2 Å². The van der Waals surface area contributed by atoms with Crippen LogP contribution in [0.2, 0.25) is 15.1 Å². The molecule has 3 aromatic rings. The van der Waals surface area contributed by atoms with E-state index in [1.54, 1.807) is 36.4 Å². The number of hydrogen-bond donors (Lipinski definition) is 1. The molecule has 0 aromatic heterocycles. The molecule has 3 rings (SSSR count).